The van der Waals surface area contributed by atoms with Crippen LogP contribution in [0.25, 0.3) is 10.8 Å². The molecule has 6 heteroatoms. The molecule has 2 aromatic carbocycles. The molecule has 1 aromatic heterocycles. The first-order valence-corrected chi connectivity index (χ1v) is 10.5. The van der Waals surface area contributed by atoms with Crippen LogP contribution in [0.4, 0.5) is 0 Å². The normalized spacial score (nSPS) is 16.6. The third-order valence-electron chi connectivity index (χ3n) is 5.97. The van der Waals surface area contributed by atoms with Gasteiger partial charge < -0.3 is 14.7 Å². The molecule has 2 heterocycles. The summed E-state index contributed by atoms with van der Waals surface area (Å²) in [5.74, 6) is 0.989. The zero-order valence-electron chi connectivity index (χ0n) is 17.5. The molecule has 0 aliphatic carbocycles. The van der Waals surface area contributed by atoms with Gasteiger partial charge in [-0.1, -0.05) is 41.6 Å². The largest absolute Gasteiger partial charge is 0.361 e. The second-order valence-electron chi connectivity index (χ2n) is 8.06. The van der Waals surface area contributed by atoms with Crippen molar-refractivity contribution in [3.05, 3.63) is 65.0 Å². The van der Waals surface area contributed by atoms with Gasteiger partial charge in [0.05, 0.1) is 12.1 Å². The van der Waals surface area contributed by atoms with Crippen LogP contribution in [0.3, 0.4) is 0 Å². The summed E-state index contributed by atoms with van der Waals surface area (Å²) >= 11 is 0. The SMILES string of the molecule is Cc1noc(C)c1CC(=O)N1CCCC(CNC(=O)c2cccc3ccccc23)C1. The van der Waals surface area contributed by atoms with Crippen LogP contribution in [0, 0.1) is 19.8 Å². The molecule has 0 spiro atoms. The van der Waals surface area contributed by atoms with Gasteiger partial charge >= 0.3 is 0 Å². The Balaban J connectivity index is 1.36. The minimum absolute atomic E-state index is 0.0639. The molecule has 6 nitrogen and oxygen atoms in total. The molecular formula is C24H27N3O3. The summed E-state index contributed by atoms with van der Waals surface area (Å²) in [5.41, 5.74) is 2.35. The highest BCUT2D eigenvalue weighted by Crippen LogP contribution is 2.21. The van der Waals surface area contributed by atoms with Crippen molar-refractivity contribution in [1.82, 2.24) is 15.4 Å². The molecule has 1 saturated heterocycles. The van der Waals surface area contributed by atoms with Crippen LogP contribution < -0.4 is 5.32 Å². The first kappa shape index (κ1) is 20.1. The summed E-state index contributed by atoms with van der Waals surface area (Å²) in [5, 5.41) is 9.03. The first-order chi connectivity index (χ1) is 14.5. The summed E-state index contributed by atoms with van der Waals surface area (Å²) in [7, 11) is 0. The van der Waals surface area contributed by atoms with E-state index in [0.29, 0.717) is 30.8 Å². The predicted octanol–water partition coefficient (Wildman–Crippen LogP) is 3.66. The van der Waals surface area contributed by atoms with E-state index in [1.165, 1.54) is 0 Å². The van der Waals surface area contributed by atoms with Gasteiger partial charge in [-0.15, -0.1) is 0 Å². The highest BCUT2D eigenvalue weighted by atomic mass is 16.5. The average Bonchev–Trinajstić information content (AvgIpc) is 3.09. The van der Waals surface area contributed by atoms with Gasteiger partial charge in [-0.05, 0) is 49.4 Å². The Labute approximate surface area is 176 Å². The molecule has 3 aromatic rings. The molecule has 1 unspecified atom stereocenters. The third kappa shape index (κ3) is 4.22. The van der Waals surface area contributed by atoms with E-state index >= 15 is 0 Å². The third-order valence-corrected chi connectivity index (χ3v) is 5.97. The summed E-state index contributed by atoms with van der Waals surface area (Å²) in [6.45, 7) is 5.69. The van der Waals surface area contributed by atoms with E-state index in [1.807, 2.05) is 61.2 Å². The lowest BCUT2D eigenvalue weighted by Gasteiger charge is -2.33. The van der Waals surface area contributed by atoms with Gasteiger partial charge in [-0.25, -0.2) is 0 Å². The number of benzene rings is 2. The van der Waals surface area contributed by atoms with E-state index in [2.05, 4.69) is 10.5 Å². The maximum atomic E-state index is 12.8. The first-order valence-electron chi connectivity index (χ1n) is 10.5. The number of likely N-dealkylation sites (tertiary alicyclic amines) is 1. The van der Waals surface area contributed by atoms with Crippen LogP contribution in [0.5, 0.6) is 0 Å². The minimum atomic E-state index is -0.0639. The molecule has 1 aliphatic heterocycles. The van der Waals surface area contributed by atoms with E-state index in [1.54, 1.807) is 0 Å². The lowest BCUT2D eigenvalue weighted by molar-refractivity contribution is -0.132. The quantitative estimate of drug-likeness (QED) is 0.703. The van der Waals surface area contributed by atoms with Gasteiger partial charge in [0, 0.05) is 30.8 Å². The molecule has 4 rings (SSSR count). The van der Waals surface area contributed by atoms with Crippen molar-refractivity contribution in [3.63, 3.8) is 0 Å². The Hall–Kier alpha value is -3.15. The van der Waals surface area contributed by atoms with Crippen molar-refractivity contribution in [3.8, 4) is 0 Å². The molecule has 0 bridgehead atoms. The van der Waals surface area contributed by atoms with Crippen LogP contribution in [-0.2, 0) is 11.2 Å². The van der Waals surface area contributed by atoms with Gasteiger partial charge in [0.25, 0.3) is 5.91 Å². The molecule has 156 valence electrons. The van der Waals surface area contributed by atoms with Crippen molar-refractivity contribution >= 4 is 22.6 Å². The Bertz CT molecular complexity index is 1050. The fourth-order valence-electron chi connectivity index (χ4n) is 4.23. The summed E-state index contributed by atoms with van der Waals surface area (Å²) in [6, 6.07) is 13.7. The van der Waals surface area contributed by atoms with Crippen LogP contribution in [-0.4, -0.2) is 41.5 Å². The molecular weight excluding hydrogens is 378 g/mol. The molecule has 1 N–H and O–H groups in total. The van der Waals surface area contributed by atoms with E-state index in [0.717, 1.165) is 41.4 Å². The van der Waals surface area contributed by atoms with Crippen molar-refractivity contribution in [2.24, 2.45) is 5.92 Å². The van der Waals surface area contributed by atoms with E-state index < -0.39 is 0 Å². The van der Waals surface area contributed by atoms with Crippen LogP contribution >= 0.6 is 0 Å². The molecule has 30 heavy (non-hydrogen) atoms. The number of aryl methyl sites for hydroxylation is 2. The van der Waals surface area contributed by atoms with Gasteiger partial charge in [-0.2, -0.15) is 0 Å². The van der Waals surface area contributed by atoms with Gasteiger partial charge in [-0.3, -0.25) is 9.59 Å². The predicted molar refractivity (Wildman–Crippen MR) is 115 cm³/mol. The number of aromatic nitrogens is 1. The summed E-state index contributed by atoms with van der Waals surface area (Å²) in [6.07, 6.45) is 2.27. The van der Waals surface area contributed by atoms with Crippen LogP contribution in [0.2, 0.25) is 0 Å². The van der Waals surface area contributed by atoms with Gasteiger partial charge in [0.2, 0.25) is 5.91 Å². The highest BCUT2D eigenvalue weighted by Gasteiger charge is 2.25. The van der Waals surface area contributed by atoms with Crippen LogP contribution in [0.15, 0.2) is 47.0 Å². The number of carbonyl (C=O) groups excluding carboxylic acids is 2. The Morgan fingerprint density at radius 2 is 1.97 bits per heavy atom. The number of piperidine rings is 1. The smallest absolute Gasteiger partial charge is 0.251 e. The number of hydrogen-bond donors (Lipinski definition) is 1. The van der Waals surface area contributed by atoms with E-state index in [-0.39, 0.29) is 17.7 Å². The lowest BCUT2D eigenvalue weighted by atomic mass is 9.96. The molecule has 0 saturated carbocycles. The number of fused-ring (bicyclic) bond motifs is 1. The maximum Gasteiger partial charge on any atom is 0.251 e. The molecule has 1 fully saturated rings. The molecule has 1 aliphatic rings. The number of amides is 2. The van der Waals surface area contributed by atoms with Crippen molar-refractivity contribution in [1.29, 1.82) is 0 Å². The zero-order chi connectivity index (χ0) is 21.1. The van der Waals surface area contributed by atoms with Crippen LogP contribution in [0.1, 0.15) is 40.2 Å². The van der Waals surface area contributed by atoms with Crippen molar-refractivity contribution in [2.75, 3.05) is 19.6 Å². The maximum absolute atomic E-state index is 12.8. The Morgan fingerprint density at radius 1 is 1.17 bits per heavy atom. The number of rotatable bonds is 5. The monoisotopic (exact) mass is 405 g/mol. The number of nitrogens with one attached hydrogen (secondary N) is 1. The molecule has 0 radical (unpaired) electrons. The second kappa shape index (κ2) is 8.69. The fraction of sp³-hybridized carbons (Fsp3) is 0.375. The summed E-state index contributed by atoms with van der Waals surface area (Å²) < 4.78 is 5.17. The topological polar surface area (TPSA) is 75.4 Å². The Morgan fingerprint density at radius 3 is 2.77 bits per heavy atom. The van der Waals surface area contributed by atoms with E-state index in [9.17, 15) is 9.59 Å². The minimum Gasteiger partial charge on any atom is -0.361 e. The Kier molecular flexibility index (Phi) is 5.84. The van der Waals surface area contributed by atoms with Crippen molar-refractivity contribution in [2.45, 2.75) is 33.1 Å². The number of carbonyl (C=O) groups is 2. The highest BCUT2D eigenvalue weighted by molar-refractivity contribution is 6.07. The molecule has 2 amide bonds. The lowest BCUT2D eigenvalue weighted by Crippen LogP contribution is -2.44. The second-order valence-corrected chi connectivity index (χ2v) is 8.06. The van der Waals surface area contributed by atoms with Gasteiger partial charge in [0.1, 0.15) is 5.76 Å². The number of hydrogen-bond acceptors (Lipinski definition) is 4. The summed E-state index contributed by atoms with van der Waals surface area (Å²) in [4.78, 5) is 27.5. The standard InChI is InChI=1S/C24H27N3O3/c1-16-22(17(2)30-26-16)13-23(28)27-12-6-7-18(15-27)14-25-24(29)21-11-5-9-19-8-3-4-10-20(19)21/h3-5,8-11,18H,6-7,12-15H2,1-2H3,(H,25,29). The van der Waals surface area contributed by atoms with E-state index in [4.69, 9.17) is 4.52 Å². The average molecular weight is 405 g/mol. The number of nitrogens with zero attached hydrogens (tertiary/aromatic N) is 2. The fourth-order valence-corrected chi connectivity index (χ4v) is 4.23. The zero-order valence-corrected chi connectivity index (χ0v) is 17.5. The van der Waals surface area contributed by atoms with Crippen molar-refractivity contribution < 1.29 is 14.1 Å². The van der Waals surface area contributed by atoms with Gasteiger partial charge in [0.15, 0.2) is 0 Å². The molecule has 1 atom stereocenters.